The Bertz CT molecular complexity index is 588. The first-order valence-corrected chi connectivity index (χ1v) is 7.02. The highest BCUT2D eigenvalue weighted by molar-refractivity contribution is 9.10. The number of rotatable bonds is 3. The number of benzene rings is 2. The molecule has 0 bridgehead atoms. The van der Waals surface area contributed by atoms with E-state index in [9.17, 15) is 5.11 Å². The summed E-state index contributed by atoms with van der Waals surface area (Å²) in [6.45, 7) is 3.92. The molecule has 2 nitrogen and oxygen atoms in total. The van der Waals surface area contributed by atoms with E-state index in [1.807, 2.05) is 26.0 Å². The minimum Gasteiger partial charge on any atom is -0.457 e. The molecule has 4 heteroatoms. The molecule has 1 N–H and O–H groups in total. The highest BCUT2D eigenvalue weighted by Crippen LogP contribution is 2.32. The van der Waals surface area contributed by atoms with Crippen molar-refractivity contribution in [3.63, 3.8) is 0 Å². The Labute approximate surface area is 126 Å². The zero-order valence-corrected chi connectivity index (χ0v) is 13.0. The lowest BCUT2D eigenvalue weighted by Crippen LogP contribution is -1.93. The van der Waals surface area contributed by atoms with Gasteiger partial charge in [-0.05, 0) is 55.3 Å². The maximum Gasteiger partial charge on any atom is 0.133 e. The van der Waals surface area contributed by atoms with Gasteiger partial charge in [0.1, 0.15) is 11.5 Å². The Morgan fingerprint density at radius 2 is 1.79 bits per heavy atom. The van der Waals surface area contributed by atoms with Crippen LogP contribution < -0.4 is 4.74 Å². The highest BCUT2D eigenvalue weighted by Gasteiger charge is 2.08. The van der Waals surface area contributed by atoms with Crippen molar-refractivity contribution in [2.24, 2.45) is 0 Å². The van der Waals surface area contributed by atoms with Gasteiger partial charge >= 0.3 is 0 Å². The molecule has 0 atom stereocenters. The van der Waals surface area contributed by atoms with Gasteiger partial charge in [-0.15, -0.1) is 0 Å². The van der Waals surface area contributed by atoms with E-state index in [2.05, 4.69) is 15.9 Å². The van der Waals surface area contributed by atoms with Crippen molar-refractivity contribution in [2.45, 2.75) is 20.5 Å². The fraction of sp³-hybridized carbons (Fsp3) is 0.200. The molecule has 19 heavy (non-hydrogen) atoms. The molecule has 0 saturated carbocycles. The highest BCUT2D eigenvalue weighted by atomic mass is 79.9. The van der Waals surface area contributed by atoms with Crippen LogP contribution in [0.1, 0.15) is 16.7 Å². The molecular formula is C15H14BrClO2. The predicted molar refractivity (Wildman–Crippen MR) is 81.1 cm³/mol. The van der Waals surface area contributed by atoms with E-state index in [-0.39, 0.29) is 6.61 Å². The number of aliphatic hydroxyl groups is 1. The number of aryl methyl sites for hydroxylation is 2. The van der Waals surface area contributed by atoms with Gasteiger partial charge in [0.15, 0.2) is 0 Å². The van der Waals surface area contributed by atoms with Crippen LogP contribution in [0.25, 0.3) is 0 Å². The smallest absolute Gasteiger partial charge is 0.133 e. The van der Waals surface area contributed by atoms with Crippen molar-refractivity contribution in [1.29, 1.82) is 0 Å². The van der Waals surface area contributed by atoms with Gasteiger partial charge in [-0.1, -0.05) is 27.5 Å². The van der Waals surface area contributed by atoms with Gasteiger partial charge in [0.2, 0.25) is 0 Å². The van der Waals surface area contributed by atoms with Crippen LogP contribution in [0, 0.1) is 13.8 Å². The molecule has 0 aliphatic rings. The molecule has 0 heterocycles. The van der Waals surface area contributed by atoms with Crippen LogP contribution in [0.4, 0.5) is 0 Å². The molecule has 100 valence electrons. The molecule has 2 aromatic rings. The lowest BCUT2D eigenvalue weighted by molar-refractivity contribution is 0.276. The van der Waals surface area contributed by atoms with Crippen molar-refractivity contribution in [2.75, 3.05) is 0 Å². The van der Waals surface area contributed by atoms with Gasteiger partial charge in [0, 0.05) is 15.1 Å². The summed E-state index contributed by atoms with van der Waals surface area (Å²) in [4.78, 5) is 0. The zero-order valence-electron chi connectivity index (χ0n) is 10.7. The lowest BCUT2D eigenvalue weighted by Gasteiger charge is -2.12. The van der Waals surface area contributed by atoms with Gasteiger partial charge in [0.05, 0.1) is 6.61 Å². The average molecular weight is 342 g/mol. The second kappa shape index (κ2) is 5.95. The van der Waals surface area contributed by atoms with E-state index in [1.165, 1.54) is 0 Å². The Balaban J connectivity index is 2.36. The lowest BCUT2D eigenvalue weighted by atomic mass is 10.1. The minimum absolute atomic E-state index is 0.107. The van der Waals surface area contributed by atoms with Crippen LogP contribution in [-0.2, 0) is 6.61 Å². The Hall–Kier alpha value is -1.03. The number of ether oxygens (including phenoxy) is 1. The summed E-state index contributed by atoms with van der Waals surface area (Å²) >= 11 is 9.42. The average Bonchev–Trinajstić information content (AvgIpc) is 2.38. The molecule has 0 aliphatic heterocycles. The summed E-state index contributed by atoms with van der Waals surface area (Å²) in [6.07, 6.45) is 0. The van der Waals surface area contributed by atoms with Crippen LogP contribution in [0.2, 0.25) is 5.02 Å². The first-order chi connectivity index (χ1) is 9.01. The normalized spacial score (nSPS) is 10.6. The van der Waals surface area contributed by atoms with Crippen molar-refractivity contribution in [3.05, 3.63) is 56.5 Å². The summed E-state index contributed by atoms with van der Waals surface area (Å²) < 4.78 is 6.91. The summed E-state index contributed by atoms with van der Waals surface area (Å²) in [5.41, 5.74) is 2.88. The maximum atomic E-state index is 9.33. The van der Waals surface area contributed by atoms with Gasteiger partial charge in [-0.3, -0.25) is 0 Å². The van der Waals surface area contributed by atoms with Gasteiger partial charge in [0.25, 0.3) is 0 Å². The fourth-order valence-corrected chi connectivity index (χ4v) is 2.29. The SMILES string of the molecule is Cc1cc(Oc2ccc(Cl)cc2CO)cc(C)c1Br. The van der Waals surface area contributed by atoms with Crippen LogP contribution in [0.3, 0.4) is 0 Å². The predicted octanol–water partition coefficient (Wildman–Crippen LogP) is 5.00. The van der Waals surface area contributed by atoms with E-state index >= 15 is 0 Å². The Kier molecular flexibility index (Phi) is 4.50. The number of aliphatic hydroxyl groups excluding tert-OH is 1. The van der Waals surface area contributed by atoms with E-state index in [0.29, 0.717) is 16.3 Å². The summed E-state index contributed by atoms with van der Waals surface area (Å²) in [7, 11) is 0. The van der Waals surface area contributed by atoms with Gasteiger partial charge in [-0.2, -0.15) is 0 Å². The van der Waals surface area contributed by atoms with Gasteiger partial charge in [-0.25, -0.2) is 0 Å². The van der Waals surface area contributed by atoms with Crippen LogP contribution >= 0.6 is 27.5 Å². The third-order valence-corrected chi connectivity index (χ3v) is 4.32. The molecule has 0 fully saturated rings. The topological polar surface area (TPSA) is 29.5 Å². The second-order valence-corrected chi connectivity index (χ2v) is 5.61. The second-order valence-electron chi connectivity index (χ2n) is 4.38. The van der Waals surface area contributed by atoms with Crippen molar-refractivity contribution in [3.8, 4) is 11.5 Å². The van der Waals surface area contributed by atoms with Crippen LogP contribution in [-0.4, -0.2) is 5.11 Å². The molecule has 0 spiro atoms. The summed E-state index contributed by atoms with van der Waals surface area (Å²) in [5, 5.41) is 9.91. The standard InChI is InChI=1S/C15H14BrClO2/c1-9-5-13(6-10(2)15(9)16)19-14-4-3-12(17)7-11(14)8-18/h3-7,18H,8H2,1-2H3. The van der Waals surface area contributed by atoms with Crippen molar-refractivity contribution in [1.82, 2.24) is 0 Å². The first kappa shape index (κ1) is 14.4. The molecule has 0 aliphatic carbocycles. The molecule has 0 radical (unpaired) electrons. The third-order valence-electron chi connectivity index (χ3n) is 2.83. The fourth-order valence-electron chi connectivity index (χ4n) is 1.86. The number of hydrogen-bond acceptors (Lipinski definition) is 2. The molecule has 0 unspecified atom stereocenters. The molecular weight excluding hydrogens is 328 g/mol. The zero-order chi connectivity index (χ0) is 14.0. The third kappa shape index (κ3) is 3.30. The number of hydrogen-bond donors (Lipinski definition) is 1. The Morgan fingerprint density at radius 3 is 2.37 bits per heavy atom. The van der Waals surface area contributed by atoms with E-state index in [4.69, 9.17) is 16.3 Å². The van der Waals surface area contributed by atoms with E-state index in [0.717, 1.165) is 21.3 Å². The van der Waals surface area contributed by atoms with E-state index < -0.39 is 0 Å². The summed E-state index contributed by atoms with van der Waals surface area (Å²) in [5.74, 6) is 1.36. The first-order valence-electron chi connectivity index (χ1n) is 5.85. The monoisotopic (exact) mass is 340 g/mol. The molecule has 2 aromatic carbocycles. The molecule has 0 aromatic heterocycles. The van der Waals surface area contributed by atoms with Crippen LogP contribution in [0.15, 0.2) is 34.8 Å². The quantitative estimate of drug-likeness (QED) is 0.851. The minimum atomic E-state index is -0.107. The van der Waals surface area contributed by atoms with Crippen molar-refractivity contribution >= 4 is 27.5 Å². The maximum absolute atomic E-state index is 9.33. The van der Waals surface area contributed by atoms with Gasteiger partial charge < -0.3 is 9.84 Å². The molecule has 2 rings (SSSR count). The van der Waals surface area contributed by atoms with E-state index in [1.54, 1.807) is 18.2 Å². The van der Waals surface area contributed by atoms with Crippen LogP contribution in [0.5, 0.6) is 11.5 Å². The Morgan fingerprint density at radius 1 is 1.16 bits per heavy atom. The molecule has 0 saturated heterocycles. The largest absolute Gasteiger partial charge is 0.457 e. The molecule has 0 amide bonds. The summed E-state index contributed by atoms with van der Waals surface area (Å²) in [6, 6.07) is 9.12. The number of halogens is 2. The van der Waals surface area contributed by atoms with Crippen molar-refractivity contribution < 1.29 is 9.84 Å².